The standard InChI is InChI=1S/C18H12FN5O2/c19-11-5-6-12(10(7-11)9-20)21-17(26)15-8-16(25)23-18-22-13-3-1-2-4-14(13)24(15)18/h1-7,15H,8H2,(H,21,26)(H,22,23,25)/t15-/m0/s1. The zero-order valence-electron chi connectivity index (χ0n) is 13.4. The molecule has 0 unspecified atom stereocenters. The first kappa shape index (κ1) is 15.8. The highest BCUT2D eigenvalue weighted by Crippen LogP contribution is 2.31. The molecule has 2 heterocycles. The highest BCUT2D eigenvalue weighted by molar-refractivity contribution is 6.03. The molecule has 2 aromatic carbocycles. The van der Waals surface area contributed by atoms with Gasteiger partial charge in [-0.2, -0.15) is 5.26 Å². The van der Waals surface area contributed by atoms with Gasteiger partial charge in [-0.15, -0.1) is 0 Å². The van der Waals surface area contributed by atoms with Gasteiger partial charge in [-0.25, -0.2) is 9.37 Å². The van der Waals surface area contributed by atoms with Gasteiger partial charge in [0, 0.05) is 0 Å². The summed E-state index contributed by atoms with van der Waals surface area (Å²) >= 11 is 0. The minimum atomic E-state index is -0.831. The molecule has 0 fully saturated rings. The number of carbonyl (C=O) groups excluding carboxylic acids is 2. The maximum absolute atomic E-state index is 13.3. The first-order valence-corrected chi connectivity index (χ1v) is 7.84. The molecule has 4 rings (SSSR count). The van der Waals surface area contributed by atoms with Crippen molar-refractivity contribution in [2.45, 2.75) is 12.5 Å². The largest absolute Gasteiger partial charge is 0.323 e. The maximum atomic E-state index is 13.3. The van der Waals surface area contributed by atoms with Gasteiger partial charge >= 0.3 is 0 Å². The molecule has 7 nitrogen and oxygen atoms in total. The fourth-order valence-electron chi connectivity index (χ4n) is 3.03. The molecule has 0 spiro atoms. The molecule has 1 atom stereocenters. The van der Waals surface area contributed by atoms with Crippen LogP contribution in [-0.2, 0) is 9.59 Å². The lowest BCUT2D eigenvalue weighted by Crippen LogP contribution is -2.35. The van der Waals surface area contributed by atoms with Crippen molar-refractivity contribution >= 4 is 34.5 Å². The average Bonchev–Trinajstić information content (AvgIpc) is 3.00. The van der Waals surface area contributed by atoms with Crippen LogP contribution in [0.2, 0.25) is 0 Å². The van der Waals surface area contributed by atoms with Crippen molar-refractivity contribution in [3.63, 3.8) is 0 Å². The Balaban J connectivity index is 1.74. The van der Waals surface area contributed by atoms with Gasteiger partial charge in [0.05, 0.1) is 28.7 Å². The van der Waals surface area contributed by atoms with Crippen LogP contribution in [0, 0.1) is 17.1 Å². The molecule has 0 saturated heterocycles. The fourth-order valence-corrected chi connectivity index (χ4v) is 3.03. The maximum Gasteiger partial charge on any atom is 0.248 e. The van der Waals surface area contributed by atoms with Crippen LogP contribution < -0.4 is 10.6 Å². The Morgan fingerprint density at radius 1 is 1.35 bits per heavy atom. The van der Waals surface area contributed by atoms with Crippen molar-refractivity contribution in [1.82, 2.24) is 9.55 Å². The van der Waals surface area contributed by atoms with Crippen molar-refractivity contribution in [3.05, 3.63) is 53.8 Å². The summed E-state index contributed by atoms with van der Waals surface area (Å²) in [5.74, 6) is -1.08. The molecular formula is C18H12FN5O2. The summed E-state index contributed by atoms with van der Waals surface area (Å²) < 4.78 is 14.9. The number of nitrogens with one attached hydrogen (secondary N) is 2. The van der Waals surface area contributed by atoms with Crippen molar-refractivity contribution in [2.24, 2.45) is 0 Å². The number of nitrogens with zero attached hydrogens (tertiary/aromatic N) is 3. The molecule has 0 bridgehead atoms. The summed E-state index contributed by atoms with van der Waals surface area (Å²) in [7, 11) is 0. The predicted molar refractivity (Wildman–Crippen MR) is 91.8 cm³/mol. The number of hydrogen-bond donors (Lipinski definition) is 2. The van der Waals surface area contributed by atoms with Gasteiger partial charge in [0.25, 0.3) is 0 Å². The molecule has 128 valence electrons. The number of halogens is 1. The number of rotatable bonds is 2. The molecule has 1 aliphatic heterocycles. The molecule has 0 radical (unpaired) electrons. The zero-order chi connectivity index (χ0) is 18.3. The van der Waals surface area contributed by atoms with Gasteiger partial charge in [0.1, 0.15) is 17.9 Å². The third-order valence-corrected chi connectivity index (χ3v) is 4.20. The van der Waals surface area contributed by atoms with Gasteiger partial charge in [0.2, 0.25) is 17.8 Å². The first-order valence-electron chi connectivity index (χ1n) is 7.84. The van der Waals surface area contributed by atoms with Crippen molar-refractivity contribution < 1.29 is 14.0 Å². The minimum absolute atomic E-state index is 0.00863. The minimum Gasteiger partial charge on any atom is -0.323 e. The third-order valence-electron chi connectivity index (χ3n) is 4.20. The molecule has 2 N–H and O–H groups in total. The number of fused-ring (bicyclic) bond motifs is 3. The molecule has 0 aliphatic carbocycles. The molecule has 8 heteroatoms. The molecule has 26 heavy (non-hydrogen) atoms. The van der Waals surface area contributed by atoms with Gasteiger partial charge in [-0.1, -0.05) is 12.1 Å². The van der Waals surface area contributed by atoms with Crippen molar-refractivity contribution in [1.29, 1.82) is 5.26 Å². The number of nitriles is 1. The van der Waals surface area contributed by atoms with E-state index in [2.05, 4.69) is 15.6 Å². The van der Waals surface area contributed by atoms with E-state index in [9.17, 15) is 14.0 Å². The van der Waals surface area contributed by atoms with Crippen LogP contribution in [0.25, 0.3) is 11.0 Å². The van der Waals surface area contributed by atoms with Crippen molar-refractivity contribution in [3.8, 4) is 6.07 Å². The Bertz CT molecular complexity index is 1100. The number of amides is 2. The zero-order valence-corrected chi connectivity index (χ0v) is 13.4. The molecule has 3 aromatic rings. The normalized spacial score (nSPS) is 15.8. The summed E-state index contributed by atoms with van der Waals surface area (Å²) in [6.45, 7) is 0. The van der Waals surface area contributed by atoms with Gasteiger partial charge in [0.15, 0.2) is 0 Å². The highest BCUT2D eigenvalue weighted by Gasteiger charge is 2.33. The topological polar surface area (TPSA) is 99.8 Å². The number of para-hydroxylation sites is 2. The smallest absolute Gasteiger partial charge is 0.248 e. The van der Waals surface area contributed by atoms with Crippen LogP contribution in [0.1, 0.15) is 18.0 Å². The number of carbonyl (C=O) groups is 2. The van der Waals surface area contributed by atoms with Crippen LogP contribution in [0.5, 0.6) is 0 Å². The predicted octanol–water partition coefficient (Wildman–Crippen LogP) is 2.57. The lowest BCUT2D eigenvalue weighted by atomic mass is 10.1. The monoisotopic (exact) mass is 349 g/mol. The van der Waals surface area contributed by atoms with Gasteiger partial charge < -0.3 is 5.32 Å². The van der Waals surface area contributed by atoms with E-state index in [1.54, 1.807) is 10.6 Å². The number of anilines is 2. The van der Waals surface area contributed by atoms with E-state index in [1.807, 2.05) is 24.3 Å². The van der Waals surface area contributed by atoms with E-state index in [0.29, 0.717) is 17.0 Å². The quantitative estimate of drug-likeness (QED) is 0.742. The Labute approximate surface area is 147 Å². The number of hydrogen-bond acceptors (Lipinski definition) is 4. The second-order valence-electron chi connectivity index (χ2n) is 5.85. The van der Waals surface area contributed by atoms with Crippen LogP contribution in [0.4, 0.5) is 16.0 Å². The summed E-state index contributed by atoms with van der Waals surface area (Å²) in [6.07, 6.45) is -0.0672. The summed E-state index contributed by atoms with van der Waals surface area (Å²) in [6, 6.07) is 11.8. The van der Waals surface area contributed by atoms with Gasteiger partial charge in [-0.3, -0.25) is 19.5 Å². The Kier molecular flexibility index (Phi) is 3.62. The molecular weight excluding hydrogens is 337 g/mol. The van der Waals surface area contributed by atoms with E-state index in [0.717, 1.165) is 12.1 Å². The van der Waals surface area contributed by atoms with E-state index in [-0.39, 0.29) is 23.6 Å². The third kappa shape index (κ3) is 2.56. The van der Waals surface area contributed by atoms with Crippen LogP contribution in [0.15, 0.2) is 42.5 Å². The number of benzene rings is 2. The Hall–Kier alpha value is -3.73. The SMILES string of the molecule is N#Cc1cc(F)ccc1NC(=O)[C@@H]1CC(=O)Nc2nc3ccccc3n21. The Morgan fingerprint density at radius 2 is 2.15 bits per heavy atom. The second kappa shape index (κ2) is 5.97. The van der Waals surface area contributed by atoms with Crippen molar-refractivity contribution in [2.75, 3.05) is 10.6 Å². The van der Waals surface area contributed by atoms with Gasteiger partial charge in [-0.05, 0) is 30.3 Å². The van der Waals surface area contributed by atoms with Crippen LogP contribution in [-0.4, -0.2) is 21.4 Å². The van der Waals surface area contributed by atoms with E-state index in [4.69, 9.17) is 5.26 Å². The lowest BCUT2D eigenvalue weighted by molar-refractivity contribution is -0.124. The number of imidazole rings is 1. The van der Waals surface area contributed by atoms with E-state index >= 15 is 0 Å². The second-order valence-corrected chi connectivity index (χ2v) is 5.85. The van der Waals surface area contributed by atoms with E-state index in [1.165, 1.54) is 6.07 Å². The summed E-state index contributed by atoms with van der Waals surface area (Å²) in [4.78, 5) is 29.2. The lowest BCUT2D eigenvalue weighted by Gasteiger charge is -2.25. The number of aromatic nitrogens is 2. The first-order chi connectivity index (χ1) is 12.6. The van der Waals surface area contributed by atoms with Crippen LogP contribution >= 0.6 is 0 Å². The van der Waals surface area contributed by atoms with Crippen LogP contribution in [0.3, 0.4) is 0 Å². The highest BCUT2D eigenvalue weighted by atomic mass is 19.1. The average molecular weight is 349 g/mol. The summed E-state index contributed by atoms with van der Waals surface area (Å²) in [5, 5.41) is 14.4. The molecule has 2 amide bonds. The summed E-state index contributed by atoms with van der Waals surface area (Å²) in [5.41, 5.74) is 1.56. The van der Waals surface area contributed by atoms with E-state index < -0.39 is 17.8 Å². The molecule has 0 saturated carbocycles. The Morgan fingerprint density at radius 3 is 2.96 bits per heavy atom. The fraction of sp³-hybridized carbons (Fsp3) is 0.111. The molecule has 1 aromatic heterocycles. The molecule has 1 aliphatic rings.